The molecule has 0 saturated heterocycles. The Hall–Kier alpha value is -0.750. The van der Waals surface area contributed by atoms with Crippen LogP contribution in [-0.2, 0) is 6.54 Å². The summed E-state index contributed by atoms with van der Waals surface area (Å²) in [6.45, 7) is 11.3. The first-order valence-electron chi connectivity index (χ1n) is 9.52. The van der Waals surface area contributed by atoms with Crippen LogP contribution in [0.5, 0.6) is 0 Å². The molecule has 25 heavy (non-hydrogen) atoms. The smallest absolute Gasteiger partial charge is 0.184 e. The highest BCUT2D eigenvalue weighted by Gasteiger charge is 2.20. The quantitative estimate of drug-likeness (QED) is 0.455. The summed E-state index contributed by atoms with van der Waals surface area (Å²) < 4.78 is 4.76. The molecule has 3 rings (SSSR count). The highest BCUT2D eigenvalue weighted by Crippen LogP contribution is 2.31. The summed E-state index contributed by atoms with van der Waals surface area (Å²) in [7, 11) is 0. The predicted octanol–water partition coefficient (Wildman–Crippen LogP) is 4.91. The van der Waals surface area contributed by atoms with Gasteiger partial charge in [-0.15, -0.1) is 0 Å². The minimum Gasteiger partial charge on any atom is -0.317 e. The summed E-state index contributed by atoms with van der Waals surface area (Å²) in [5.41, 5.74) is 2.20. The molecule has 4 nitrogen and oxygen atoms in total. The van der Waals surface area contributed by atoms with Crippen molar-refractivity contribution in [2.45, 2.75) is 51.2 Å². The van der Waals surface area contributed by atoms with Gasteiger partial charge in [0, 0.05) is 24.7 Å². The van der Waals surface area contributed by atoms with Gasteiger partial charge >= 0.3 is 0 Å². The SMILES string of the molecule is CCN(CC)CCCCCCN1CCn2c(nc3ccc(Cl)cc32)S1. The van der Waals surface area contributed by atoms with Crippen molar-refractivity contribution in [1.29, 1.82) is 0 Å². The molecule has 2 aromatic rings. The number of nitrogens with zero attached hydrogens (tertiary/aromatic N) is 4. The fourth-order valence-electron chi connectivity index (χ4n) is 3.41. The summed E-state index contributed by atoms with van der Waals surface area (Å²) in [5.74, 6) is 0. The largest absolute Gasteiger partial charge is 0.317 e. The summed E-state index contributed by atoms with van der Waals surface area (Å²) in [4.78, 5) is 7.27. The lowest BCUT2D eigenvalue weighted by molar-refractivity contribution is 0.294. The summed E-state index contributed by atoms with van der Waals surface area (Å²) >= 11 is 7.93. The van der Waals surface area contributed by atoms with Crippen LogP contribution >= 0.6 is 23.5 Å². The van der Waals surface area contributed by atoms with E-state index in [9.17, 15) is 0 Å². The zero-order valence-corrected chi connectivity index (χ0v) is 17.0. The van der Waals surface area contributed by atoms with Crippen molar-refractivity contribution in [3.05, 3.63) is 23.2 Å². The molecule has 138 valence electrons. The Morgan fingerprint density at radius 1 is 1.12 bits per heavy atom. The number of benzene rings is 1. The Morgan fingerprint density at radius 2 is 1.92 bits per heavy atom. The molecule has 1 aromatic heterocycles. The van der Waals surface area contributed by atoms with Gasteiger partial charge in [0.25, 0.3) is 0 Å². The molecule has 1 aromatic carbocycles. The van der Waals surface area contributed by atoms with Crippen molar-refractivity contribution in [2.75, 3.05) is 32.7 Å². The molecule has 1 aliphatic rings. The van der Waals surface area contributed by atoms with E-state index >= 15 is 0 Å². The third kappa shape index (κ3) is 4.91. The van der Waals surface area contributed by atoms with Crippen molar-refractivity contribution < 1.29 is 0 Å². The van der Waals surface area contributed by atoms with Gasteiger partial charge in [-0.05, 0) is 62.6 Å². The van der Waals surface area contributed by atoms with E-state index in [0.717, 1.165) is 40.8 Å². The molecule has 2 heterocycles. The molecule has 0 N–H and O–H groups in total. The van der Waals surface area contributed by atoms with Crippen LogP contribution < -0.4 is 0 Å². The van der Waals surface area contributed by atoms with Crippen LogP contribution in [0.15, 0.2) is 23.4 Å². The average molecular weight is 381 g/mol. The minimum atomic E-state index is 0.785. The molecule has 0 spiro atoms. The molecule has 0 unspecified atom stereocenters. The number of fused-ring (bicyclic) bond motifs is 3. The number of imidazole rings is 1. The lowest BCUT2D eigenvalue weighted by Gasteiger charge is -2.26. The van der Waals surface area contributed by atoms with E-state index in [1.807, 2.05) is 18.2 Å². The third-order valence-electron chi connectivity index (χ3n) is 4.99. The summed E-state index contributed by atoms with van der Waals surface area (Å²) in [6, 6.07) is 5.97. The second-order valence-corrected chi connectivity index (χ2v) is 8.14. The van der Waals surface area contributed by atoms with Crippen LogP contribution in [-0.4, -0.2) is 51.5 Å². The van der Waals surface area contributed by atoms with Crippen molar-refractivity contribution in [3.63, 3.8) is 0 Å². The summed E-state index contributed by atoms with van der Waals surface area (Å²) in [6.07, 6.45) is 5.26. The maximum Gasteiger partial charge on any atom is 0.184 e. The fourth-order valence-corrected chi connectivity index (χ4v) is 4.62. The van der Waals surface area contributed by atoms with Gasteiger partial charge in [-0.25, -0.2) is 9.29 Å². The molecule has 0 aliphatic carbocycles. The van der Waals surface area contributed by atoms with Crippen molar-refractivity contribution in [2.24, 2.45) is 0 Å². The Kier molecular flexibility index (Phi) is 7.05. The van der Waals surface area contributed by atoms with Crippen LogP contribution in [0.1, 0.15) is 39.5 Å². The van der Waals surface area contributed by atoms with Crippen LogP contribution in [0.4, 0.5) is 0 Å². The summed E-state index contributed by atoms with van der Waals surface area (Å²) in [5, 5.41) is 1.89. The molecule has 0 saturated carbocycles. The molecular formula is C19H29ClN4S. The van der Waals surface area contributed by atoms with Gasteiger partial charge in [0.2, 0.25) is 0 Å². The monoisotopic (exact) mass is 380 g/mol. The third-order valence-corrected chi connectivity index (χ3v) is 6.32. The number of aromatic nitrogens is 2. The van der Waals surface area contributed by atoms with Gasteiger partial charge in [0.05, 0.1) is 11.0 Å². The maximum absolute atomic E-state index is 6.13. The van der Waals surface area contributed by atoms with E-state index in [1.54, 1.807) is 11.9 Å². The standard InChI is InChI=1S/C19H29ClN4S/c1-3-22(4-2)11-7-5-6-8-12-23-13-14-24-18-15-16(20)9-10-17(18)21-19(24)25-23/h9-10,15H,3-8,11-14H2,1-2H3. The van der Waals surface area contributed by atoms with Crippen LogP contribution in [0.2, 0.25) is 5.02 Å². The first kappa shape index (κ1) is 19.0. The Bertz CT molecular complexity index is 683. The van der Waals surface area contributed by atoms with E-state index in [1.165, 1.54) is 45.3 Å². The van der Waals surface area contributed by atoms with Crippen molar-refractivity contribution in [3.8, 4) is 0 Å². The average Bonchev–Trinajstić information content (AvgIpc) is 2.98. The number of rotatable bonds is 9. The Balaban J connectivity index is 1.42. The van der Waals surface area contributed by atoms with Crippen LogP contribution in [0.3, 0.4) is 0 Å². The molecule has 0 radical (unpaired) electrons. The number of hydrogen-bond acceptors (Lipinski definition) is 4. The maximum atomic E-state index is 6.13. The molecule has 6 heteroatoms. The first-order chi connectivity index (χ1) is 12.2. The van der Waals surface area contributed by atoms with Gasteiger partial charge in [0.15, 0.2) is 5.16 Å². The van der Waals surface area contributed by atoms with Crippen molar-refractivity contribution >= 4 is 34.6 Å². The van der Waals surface area contributed by atoms with E-state index in [-0.39, 0.29) is 0 Å². The lowest BCUT2D eigenvalue weighted by Crippen LogP contribution is -2.27. The molecule has 0 amide bonds. The Labute approximate surface area is 160 Å². The number of hydrogen-bond donors (Lipinski definition) is 0. The first-order valence-corrected chi connectivity index (χ1v) is 10.7. The molecule has 0 atom stereocenters. The molecule has 0 fully saturated rings. The van der Waals surface area contributed by atoms with Gasteiger partial charge in [0.1, 0.15) is 0 Å². The van der Waals surface area contributed by atoms with Gasteiger partial charge in [-0.3, -0.25) is 0 Å². The molecule has 1 aliphatic heterocycles. The second-order valence-electron chi connectivity index (χ2n) is 6.64. The van der Waals surface area contributed by atoms with E-state index in [4.69, 9.17) is 16.6 Å². The van der Waals surface area contributed by atoms with Gasteiger partial charge in [-0.1, -0.05) is 38.3 Å². The predicted molar refractivity (Wildman–Crippen MR) is 108 cm³/mol. The zero-order valence-electron chi connectivity index (χ0n) is 15.4. The number of unbranched alkanes of at least 4 members (excludes halogenated alkanes) is 3. The second kappa shape index (κ2) is 9.26. The lowest BCUT2D eigenvalue weighted by atomic mass is 10.2. The van der Waals surface area contributed by atoms with Crippen LogP contribution in [0.25, 0.3) is 11.0 Å². The van der Waals surface area contributed by atoms with Crippen molar-refractivity contribution in [1.82, 2.24) is 18.8 Å². The number of halogens is 1. The minimum absolute atomic E-state index is 0.785. The zero-order chi connectivity index (χ0) is 17.6. The highest BCUT2D eigenvalue weighted by atomic mass is 35.5. The van der Waals surface area contributed by atoms with E-state index in [0.29, 0.717) is 0 Å². The van der Waals surface area contributed by atoms with Crippen LogP contribution in [0, 0.1) is 0 Å². The topological polar surface area (TPSA) is 24.3 Å². The normalized spacial score (nSPS) is 15.2. The van der Waals surface area contributed by atoms with Gasteiger partial charge < -0.3 is 9.47 Å². The van der Waals surface area contributed by atoms with E-state index in [2.05, 4.69) is 27.6 Å². The fraction of sp³-hybridized carbons (Fsp3) is 0.632. The molecule has 0 bridgehead atoms. The van der Waals surface area contributed by atoms with Gasteiger partial charge in [-0.2, -0.15) is 0 Å². The highest BCUT2D eigenvalue weighted by molar-refractivity contribution is 7.96. The molecular weight excluding hydrogens is 352 g/mol. The Morgan fingerprint density at radius 3 is 2.72 bits per heavy atom. The van der Waals surface area contributed by atoms with E-state index < -0.39 is 0 Å².